The summed E-state index contributed by atoms with van der Waals surface area (Å²) in [5.41, 5.74) is 0.104. The Morgan fingerprint density at radius 2 is 1.76 bits per heavy atom. The van der Waals surface area contributed by atoms with Crippen LogP contribution in [0, 0.1) is 11.7 Å². The van der Waals surface area contributed by atoms with Crippen molar-refractivity contribution in [2.24, 2.45) is 5.92 Å². The van der Waals surface area contributed by atoms with Crippen LogP contribution in [0.1, 0.15) is 65.1 Å². The molecule has 1 amide bonds. The summed E-state index contributed by atoms with van der Waals surface area (Å²) in [7, 11) is 0. The summed E-state index contributed by atoms with van der Waals surface area (Å²) < 4.78 is 74.5. The largest absolute Gasteiger partial charge is 0.493 e. The average molecular weight is 601 g/mol. The number of aliphatic carboxylic acids is 1. The molecule has 0 bridgehead atoms. The molecule has 2 unspecified atom stereocenters. The molecule has 2 aromatic carbocycles. The molecule has 41 heavy (non-hydrogen) atoms. The van der Waals surface area contributed by atoms with Crippen molar-refractivity contribution in [3.05, 3.63) is 63.4 Å². The highest BCUT2D eigenvalue weighted by molar-refractivity contribution is 6.30. The maximum Gasteiger partial charge on any atom is 0.416 e. The predicted octanol–water partition coefficient (Wildman–Crippen LogP) is 6.30. The van der Waals surface area contributed by atoms with Gasteiger partial charge in [0, 0.05) is 24.1 Å². The zero-order valence-electron chi connectivity index (χ0n) is 22.1. The van der Waals surface area contributed by atoms with Crippen molar-refractivity contribution >= 4 is 23.5 Å². The lowest BCUT2D eigenvalue weighted by Gasteiger charge is -2.32. The Hall–Kier alpha value is -2.92. The minimum Gasteiger partial charge on any atom is -0.493 e. The van der Waals surface area contributed by atoms with E-state index >= 15 is 4.39 Å². The summed E-state index contributed by atoms with van der Waals surface area (Å²) >= 11 is 5.91. The molecular weight excluding hydrogens is 571 g/mol. The average Bonchev–Trinajstić information content (AvgIpc) is 3.67. The number of amides is 1. The van der Waals surface area contributed by atoms with Crippen LogP contribution < -0.4 is 4.74 Å². The third kappa shape index (κ3) is 6.94. The lowest BCUT2D eigenvalue weighted by molar-refractivity contribution is -0.141. The summed E-state index contributed by atoms with van der Waals surface area (Å²) in [4.78, 5) is 27.5. The normalized spacial score (nSPS) is 22.2. The second kappa shape index (κ2) is 11.8. The number of halogens is 6. The maximum absolute atomic E-state index is 15.1. The minimum absolute atomic E-state index is 0.0401. The van der Waals surface area contributed by atoms with Gasteiger partial charge in [-0.3, -0.25) is 9.69 Å². The van der Waals surface area contributed by atoms with E-state index in [4.69, 9.17) is 16.3 Å². The molecule has 3 fully saturated rings. The monoisotopic (exact) mass is 600 g/mol. The first-order valence-corrected chi connectivity index (χ1v) is 14.0. The number of carboxylic acids is 1. The van der Waals surface area contributed by atoms with E-state index < -0.39 is 48.2 Å². The van der Waals surface area contributed by atoms with Crippen LogP contribution in [0.2, 0.25) is 5.02 Å². The zero-order chi connectivity index (χ0) is 29.5. The number of nitrogens with zero attached hydrogens (tertiary/aromatic N) is 2. The number of piperidine rings is 1. The number of hydrogen-bond acceptors (Lipinski definition) is 4. The molecule has 2 saturated heterocycles. The Labute approximate surface area is 239 Å². The minimum atomic E-state index is -4.47. The van der Waals surface area contributed by atoms with E-state index in [2.05, 4.69) is 4.90 Å². The summed E-state index contributed by atoms with van der Waals surface area (Å²) in [6.45, 7) is 1.55. The molecule has 12 heteroatoms. The molecule has 1 aliphatic carbocycles. The number of carboxylic acid groups (broad SMARTS) is 1. The van der Waals surface area contributed by atoms with Gasteiger partial charge in [-0.2, -0.15) is 13.2 Å². The highest BCUT2D eigenvalue weighted by Gasteiger charge is 2.41. The van der Waals surface area contributed by atoms with Gasteiger partial charge >= 0.3 is 12.1 Å². The van der Waals surface area contributed by atoms with Crippen molar-refractivity contribution in [3.8, 4) is 5.75 Å². The SMILES string of the molecule is O=C(O)C1CC(F)CN1C(=O)c1cc(C2CC2)c(OCC2CCN(Cc3cc(Cl)cc(C(F)(F)F)c3)CC2)cc1F. The fourth-order valence-electron chi connectivity index (χ4n) is 5.65. The van der Waals surface area contributed by atoms with Crippen molar-refractivity contribution in [2.75, 3.05) is 26.2 Å². The third-order valence-electron chi connectivity index (χ3n) is 8.02. The Bertz CT molecular complexity index is 1310. The summed E-state index contributed by atoms with van der Waals surface area (Å²) in [6.07, 6.45) is -3.11. The number of benzene rings is 2. The zero-order valence-corrected chi connectivity index (χ0v) is 22.9. The Morgan fingerprint density at radius 1 is 1.05 bits per heavy atom. The maximum atomic E-state index is 15.1. The fourth-order valence-corrected chi connectivity index (χ4v) is 5.91. The van der Waals surface area contributed by atoms with Gasteiger partial charge in [-0.1, -0.05) is 11.6 Å². The molecule has 0 aromatic heterocycles. The number of hydrogen-bond donors (Lipinski definition) is 1. The molecule has 0 radical (unpaired) electrons. The van der Waals surface area contributed by atoms with Gasteiger partial charge in [-0.15, -0.1) is 0 Å². The number of alkyl halides is 4. The summed E-state index contributed by atoms with van der Waals surface area (Å²) in [5.74, 6) is -2.45. The van der Waals surface area contributed by atoms with E-state index in [1.165, 1.54) is 12.1 Å². The molecule has 2 aromatic rings. The second-order valence-electron chi connectivity index (χ2n) is 11.2. The van der Waals surface area contributed by atoms with Gasteiger partial charge in [0.25, 0.3) is 5.91 Å². The highest BCUT2D eigenvalue weighted by atomic mass is 35.5. The van der Waals surface area contributed by atoms with E-state index in [1.54, 1.807) is 0 Å². The van der Waals surface area contributed by atoms with Crippen LogP contribution in [0.15, 0.2) is 30.3 Å². The van der Waals surface area contributed by atoms with Gasteiger partial charge in [-0.25, -0.2) is 13.6 Å². The molecule has 6 nitrogen and oxygen atoms in total. The van der Waals surface area contributed by atoms with Crippen molar-refractivity contribution in [1.82, 2.24) is 9.80 Å². The van der Waals surface area contributed by atoms with Crippen LogP contribution in [-0.2, 0) is 17.5 Å². The predicted molar refractivity (Wildman–Crippen MR) is 140 cm³/mol. The van der Waals surface area contributed by atoms with Gasteiger partial charge in [0.15, 0.2) is 0 Å². The van der Waals surface area contributed by atoms with E-state index in [-0.39, 0.29) is 28.8 Å². The Morgan fingerprint density at radius 3 is 2.39 bits per heavy atom. The lowest BCUT2D eigenvalue weighted by atomic mass is 9.97. The van der Waals surface area contributed by atoms with Crippen LogP contribution in [0.5, 0.6) is 5.75 Å². The van der Waals surface area contributed by atoms with Crippen molar-refractivity contribution in [2.45, 2.75) is 63.0 Å². The van der Waals surface area contributed by atoms with E-state index in [9.17, 15) is 32.3 Å². The second-order valence-corrected chi connectivity index (χ2v) is 11.6. The first kappa shape index (κ1) is 29.6. The van der Waals surface area contributed by atoms with Crippen molar-refractivity contribution in [1.29, 1.82) is 0 Å². The van der Waals surface area contributed by atoms with Crippen LogP contribution in [0.3, 0.4) is 0 Å². The number of carbonyl (C=O) groups excluding carboxylic acids is 1. The summed E-state index contributed by atoms with van der Waals surface area (Å²) in [6, 6.07) is 4.80. The van der Waals surface area contributed by atoms with Crippen LogP contribution in [-0.4, -0.2) is 65.2 Å². The van der Waals surface area contributed by atoms with Crippen LogP contribution in [0.25, 0.3) is 0 Å². The first-order chi connectivity index (χ1) is 19.4. The molecule has 1 saturated carbocycles. The third-order valence-corrected chi connectivity index (χ3v) is 8.23. The molecule has 5 rings (SSSR count). The van der Waals surface area contributed by atoms with Crippen molar-refractivity contribution in [3.63, 3.8) is 0 Å². The van der Waals surface area contributed by atoms with Crippen LogP contribution in [0.4, 0.5) is 22.0 Å². The lowest BCUT2D eigenvalue weighted by Crippen LogP contribution is -2.41. The van der Waals surface area contributed by atoms with E-state index in [0.717, 1.165) is 48.8 Å². The molecule has 3 aliphatic rings. The van der Waals surface area contributed by atoms with Gasteiger partial charge in [0.05, 0.1) is 24.3 Å². The van der Waals surface area contributed by atoms with Crippen LogP contribution >= 0.6 is 11.6 Å². The topological polar surface area (TPSA) is 70.1 Å². The molecule has 0 spiro atoms. The van der Waals surface area contributed by atoms with Crippen molar-refractivity contribution < 1.29 is 41.4 Å². The molecule has 2 aliphatic heterocycles. The number of rotatable bonds is 8. The quantitative estimate of drug-likeness (QED) is 0.360. The van der Waals surface area contributed by atoms with E-state index in [1.807, 2.05) is 0 Å². The number of ether oxygens (including phenoxy) is 1. The molecular formula is C29H30ClF5N2O4. The highest BCUT2D eigenvalue weighted by Crippen LogP contribution is 2.45. The van der Waals surface area contributed by atoms with E-state index in [0.29, 0.717) is 43.1 Å². The number of carbonyl (C=O) groups is 2. The Kier molecular flexibility index (Phi) is 8.48. The molecule has 1 N–H and O–H groups in total. The fraction of sp³-hybridized carbons (Fsp3) is 0.517. The van der Waals surface area contributed by atoms with Gasteiger partial charge < -0.3 is 14.7 Å². The van der Waals surface area contributed by atoms with Gasteiger partial charge in [0.1, 0.15) is 23.8 Å². The Balaban J connectivity index is 1.20. The van der Waals surface area contributed by atoms with Gasteiger partial charge in [0.2, 0.25) is 0 Å². The number of likely N-dealkylation sites (tertiary alicyclic amines) is 2. The molecule has 2 atom stereocenters. The summed E-state index contributed by atoms with van der Waals surface area (Å²) in [5, 5.41) is 9.42. The van der Waals surface area contributed by atoms with Gasteiger partial charge in [-0.05, 0) is 86.0 Å². The first-order valence-electron chi connectivity index (χ1n) is 13.6. The standard InChI is InChI=1S/C29H30ClF5N2O4/c30-20-8-17(7-19(9-20)29(33,34)35)13-36-5-3-16(4-6-36)15-41-26-12-24(32)23(11-22(26)18-1-2-18)27(38)37-14-21(31)10-25(37)28(39)40/h7-9,11-12,16,18,21,25H,1-6,10,13-15H2,(H,39,40). The smallest absolute Gasteiger partial charge is 0.416 e. The molecule has 222 valence electrons. The molecule has 2 heterocycles.